The predicted molar refractivity (Wildman–Crippen MR) is 97.8 cm³/mol. The molecule has 0 radical (unpaired) electrons. The number of benzene rings is 1. The molecule has 9 heteroatoms. The van der Waals surface area contributed by atoms with E-state index in [2.05, 4.69) is 21.6 Å². The highest BCUT2D eigenvalue weighted by Gasteiger charge is 2.42. The van der Waals surface area contributed by atoms with Crippen molar-refractivity contribution >= 4 is 17.7 Å². The maximum absolute atomic E-state index is 12.2. The molecule has 1 fully saturated rings. The van der Waals surface area contributed by atoms with E-state index in [9.17, 15) is 10.1 Å². The number of nitrogens with zero attached hydrogens (tertiary/aromatic N) is 4. The van der Waals surface area contributed by atoms with Crippen LogP contribution in [0.3, 0.4) is 0 Å². The van der Waals surface area contributed by atoms with Gasteiger partial charge in [-0.25, -0.2) is 4.68 Å². The Hall–Kier alpha value is -2.73. The molecule has 1 aliphatic carbocycles. The zero-order chi connectivity index (χ0) is 18.7. The highest BCUT2D eigenvalue weighted by Crippen LogP contribution is 2.39. The summed E-state index contributed by atoms with van der Waals surface area (Å²) in [5.41, 5.74) is -0.0940. The van der Waals surface area contributed by atoms with Gasteiger partial charge in [-0.15, -0.1) is 10.2 Å². The van der Waals surface area contributed by atoms with Crippen LogP contribution in [0.4, 0.5) is 0 Å². The largest absolute Gasteiger partial charge is 0.496 e. The summed E-state index contributed by atoms with van der Waals surface area (Å²) in [6, 6.07) is 9.56. The van der Waals surface area contributed by atoms with E-state index in [4.69, 9.17) is 10.6 Å². The fourth-order valence-corrected chi connectivity index (χ4v) is 3.38. The van der Waals surface area contributed by atoms with Crippen LogP contribution in [0.5, 0.6) is 5.75 Å². The Morgan fingerprint density at radius 2 is 2.23 bits per heavy atom. The number of aromatic nitrogens is 3. The number of thioether (sulfide) groups is 1. The van der Waals surface area contributed by atoms with Crippen LogP contribution >= 0.6 is 11.8 Å². The summed E-state index contributed by atoms with van der Waals surface area (Å²) in [5, 5.41) is 20.7. The topological polar surface area (TPSA) is 119 Å². The third-order valence-corrected chi connectivity index (χ3v) is 5.31. The lowest BCUT2D eigenvalue weighted by Crippen LogP contribution is -2.47. The third kappa shape index (κ3) is 3.60. The van der Waals surface area contributed by atoms with E-state index in [1.807, 2.05) is 24.3 Å². The lowest BCUT2D eigenvalue weighted by Gasteiger charge is -2.22. The first-order valence-corrected chi connectivity index (χ1v) is 9.16. The molecule has 1 heterocycles. The standard InChI is InChI=1S/C17H20N6O2S/c1-17(10-18,11-7-8-11)20-14(24)9-26-16-22-21-15(23(16)19)12-5-3-4-6-13(12)25-2/h3-6,11H,7-9,19H2,1-2H3,(H,20,24). The molecule has 1 aliphatic rings. The minimum Gasteiger partial charge on any atom is -0.496 e. The molecule has 0 bridgehead atoms. The molecule has 1 atom stereocenters. The van der Waals surface area contributed by atoms with Gasteiger partial charge in [-0.2, -0.15) is 5.26 Å². The van der Waals surface area contributed by atoms with Gasteiger partial charge in [0.2, 0.25) is 11.1 Å². The van der Waals surface area contributed by atoms with E-state index in [1.165, 1.54) is 16.4 Å². The maximum Gasteiger partial charge on any atom is 0.231 e. The molecule has 1 aromatic heterocycles. The van der Waals surface area contributed by atoms with Crippen molar-refractivity contribution in [1.82, 2.24) is 20.2 Å². The van der Waals surface area contributed by atoms with Crippen molar-refractivity contribution in [3.8, 4) is 23.2 Å². The van der Waals surface area contributed by atoms with Gasteiger partial charge < -0.3 is 15.9 Å². The van der Waals surface area contributed by atoms with Crippen molar-refractivity contribution in [2.24, 2.45) is 5.92 Å². The second kappa shape index (κ2) is 7.25. The normalized spacial score (nSPS) is 15.7. The van der Waals surface area contributed by atoms with Gasteiger partial charge in [0, 0.05) is 0 Å². The molecule has 136 valence electrons. The van der Waals surface area contributed by atoms with Crippen LogP contribution in [0.2, 0.25) is 0 Å². The van der Waals surface area contributed by atoms with E-state index in [1.54, 1.807) is 14.0 Å². The summed E-state index contributed by atoms with van der Waals surface area (Å²) in [6.07, 6.45) is 1.94. The summed E-state index contributed by atoms with van der Waals surface area (Å²) in [5.74, 6) is 7.28. The molecule has 1 amide bonds. The van der Waals surface area contributed by atoms with Crippen LogP contribution in [-0.4, -0.2) is 39.2 Å². The highest BCUT2D eigenvalue weighted by atomic mass is 32.2. The first-order chi connectivity index (χ1) is 12.5. The number of ether oxygens (including phenoxy) is 1. The number of para-hydroxylation sites is 1. The Morgan fingerprint density at radius 3 is 2.88 bits per heavy atom. The number of nitrogens with two attached hydrogens (primary N) is 1. The van der Waals surface area contributed by atoms with Gasteiger partial charge in [-0.05, 0) is 37.8 Å². The smallest absolute Gasteiger partial charge is 0.231 e. The van der Waals surface area contributed by atoms with Crippen molar-refractivity contribution in [1.29, 1.82) is 5.26 Å². The highest BCUT2D eigenvalue weighted by molar-refractivity contribution is 7.99. The third-order valence-electron chi connectivity index (χ3n) is 4.37. The van der Waals surface area contributed by atoms with Crippen LogP contribution in [0, 0.1) is 17.2 Å². The molecular formula is C17H20N6O2S. The molecule has 1 aromatic carbocycles. The van der Waals surface area contributed by atoms with Crippen LogP contribution in [0.25, 0.3) is 11.4 Å². The monoisotopic (exact) mass is 372 g/mol. The van der Waals surface area contributed by atoms with Gasteiger partial charge in [0.25, 0.3) is 0 Å². The quantitative estimate of drug-likeness (QED) is 0.559. The number of amides is 1. The van der Waals surface area contributed by atoms with Gasteiger partial charge >= 0.3 is 0 Å². The van der Waals surface area contributed by atoms with Gasteiger partial charge in [-0.3, -0.25) is 4.79 Å². The number of nitrogens with one attached hydrogen (secondary N) is 1. The zero-order valence-electron chi connectivity index (χ0n) is 14.6. The van der Waals surface area contributed by atoms with Crippen LogP contribution < -0.4 is 15.9 Å². The second-order valence-corrected chi connectivity index (χ2v) is 7.24. The first kappa shape index (κ1) is 18.1. The molecule has 3 N–H and O–H groups in total. The summed E-state index contributed by atoms with van der Waals surface area (Å²) in [4.78, 5) is 12.2. The summed E-state index contributed by atoms with van der Waals surface area (Å²) in [6.45, 7) is 1.76. The molecule has 0 saturated heterocycles. The minimum absolute atomic E-state index is 0.102. The lowest BCUT2D eigenvalue weighted by atomic mass is 9.98. The Kier molecular flexibility index (Phi) is 5.04. The van der Waals surface area contributed by atoms with Crippen LogP contribution in [0.15, 0.2) is 29.4 Å². The van der Waals surface area contributed by atoms with Crippen molar-refractivity contribution in [3.05, 3.63) is 24.3 Å². The van der Waals surface area contributed by atoms with E-state index in [0.717, 1.165) is 12.8 Å². The number of hydrogen-bond acceptors (Lipinski definition) is 7. The van der Waals surface area contributed by atoms with Gasteiger partial charge in [0.05, 0.1) is 24.5 Å². The number of rotatable bonds is 7. The molecule has 1 unspecified atom stereocenters. The molecule has 26 heavy (non-hydrogen) atoms. The van der Waals surface area contributed by atoms with Crippen LogP contribution in [-0.2, 0) is 4.79 Å². The molecule has 8 nitrogen and oxygen atoms in total. The molecule has 0 aliphatic heterocycles. The van der Waals surface area contributed by atoms with E-state index in [-0.39, 0.29) is 17.6 Å². The van der Waals surface area contributed by atoms with E-state index < -0.39 is 5.54 Å². The van der Waals surface area contributed by atoms with Crippen molar-refractivity contribution < 1.29 is 9.53 Å². The number of hydrogen-bond donors (Lipinski definition) is 2. The van der Waals surface area contributed by atoms with Gasteiger partial charge in [0.1, 0.15) is 11.3 Å². The Balaban J connectivity index is 1.67. The summed E-state index contributed by atoms with van der Waals surface area (Å²) >= 11 is 1.17. The average molecular weight is 372 g/mol. The Morgan fingerprint density at radius 1 is 1.50 bits per heavy atom. The maximum atomic E-state index is 12.2. The number of carbonyl (C=O) groups excluding carboxylic acids is 1. The second-order valence-electron chi connectivity index (χ2n) is 6.30. The van der Waals surface area contributed by atoms with Gasteiger partial charge in [-0.1, -0.05) is 23.9 Å². The lowest BCUT2D eigenvalue weighted by molar-refractivity contribution is -0.119. The fourth-order valence-electron chi connectivity index (χ4n) is 2.73. The summed E-state index contributed by atoms with van der Waals surface area (Å²) in [7, 11) is 1.57. The molecule has 2 aromatic rings. The predicted octanol–water partition coefficient (Wildman–Crippen LogP) is 1.57. The molecule has 1 saturated carbocycles. The number of nitriles is 1. The first-order valence-electron chi connectivity index (χ1n) is 8.17. The SMILES string of the molecule is COc1ccccc1-c1nnc(SCC(=O)NC(C)(C#N)C2CC2)n1N. The average Bonchev–Trinajstić information content (AvgIpc) is 3.44. The van der Waals surface area contributed by atoms with Gasteiger partial charge in [0.15, 0.2) is 5.82 Å². The zero-order valence-corrected chi connectivity index (χ0v) is 15.4. The number of methoxy groups -OCH3 is 1. The van der Waals surface area contributed by atoms with E-state index in [0.29, 0.717) is 22.3 Å². The number of carbonyl (C=O) groups is 1. The molecular weight excluding hydrogens is 352 g/mol. The van der Waals surface area contributed by atoms with E-state index >= 15 is 0 Å². The molecule has 0 spiro atoms. The van der Waals surface area contributed by atoms with Crippen molar-refractivity contribution in [2.75, 3.05) is 18.7 Å². The molecule has 3 rings (SSSR count). The van der Waals surface area contributed by atoms with Crippen molar-refractivity contribution in [3.63, 3.8) is 0 Å². The van der Waals surface area contributed by atoms with Crippen molar-refractivity contribution in [2.45, 2.75) is 30.5 Å². The Labute approximate surface area is 155 Å². The minimum atomic E-state index is -0.809. The summed E-state index contributed by atoms with van der Waals surface area (Å²) < 4.78 is 6.65. The van der Waals surface area contributed by atoms with Crippen LogP contribution in [0.1, 0.15) is 19.8 Å². The Bertz CT molecular complexity index is 857. The number of nitrogen functional groups attached to an aromatic ring is 1. The fraction of sp³-hybridized carbons (Fsp3) is 0.412.